The maximum atomic E-state index is 12.6. The summed E-state index contributed by atoms with van der Waals surface area (Å²) < 4.78 is 0. The lowest BCUT2D eigenvalue weighted by molar-refractivity contribution is 0.0903. The molecule has 4 rings (SSSR count). The van der Waals surface area contributed by atoms with Gasteiger partial charge in [0.1, 0.15) is 5.69 Å². The normalized spacial score (nSPS) is 14.8. The SMILES string of the molecule is O=C(Nc1nc(C(=O)NC2CCN(Cc3ccccc3)CC2)cs1)c1ccc(Cl)c(Cl)c1. The highest BCUT2D eigenvalue weighted by atomic mass is 35.5. The molecule has 1 aliphatic rings. The van der Waals surface area contributed by atoms with E-state index in [1.54, 1.807) is 17.5 Å². The van der Waals surface area contributed by atoms with E-state index in [2.05, 4.69) is 44.8 Å². The summed E-state index contributed by atoms with van der Waals surface area (Å²) in [6.45, 7) is 2.79. The lowest BCUT2D eigenvalue weighted by atomic mass is 10.0. The summed E-state index contributed by atoms with van der Waals surface area (Å²) in [4.78, 5) is 31.7. The van der Waals surface area contributed by atoms with Gasteiger partial charge in [0.2, 0.25) is 0 Å². The molecule has 0 aliphatic carbocycles. The smallest absolute Gasteiger partial charge is 0.271 e. The Kier molecular flexibility index (Phi) is 7.42. The van der Waals surface area contributed by atoms with Gasteiger partial charge in [-0.05, 0) is 36.6 Å². The van der Waals surface area contributed by atoms with Gasteiger partial charge in [-0.25, -0.2) is 4.98 Å². The Labute approximate surface area is 200 Å². The van der Waals surface area contributed by atoms with Gasteiger partial charge in [0.05, 0.1) is 10.0 Å². The zero-order valence-corrected chi connectivity index (χ0v) is 19.5. The Morgan fingerprint density at radius 3 is 2.50 bits per heavy atom. The molecule has 2 N–H and O–H groups in total. The van der Waals surface area contributed by atoms with Crippen molar-refractivity contribution in [3.8, 4) is 0 Å². The molecule has 0 saturated carbocycles. The van der Waals surface area contributed by atoms with Gasteiger partial charge < -0.3 is 5.32 Å². The number of rotatable bonds is 6. The Bertz CT molecular complexity index is 1100. The molecule has 1 saturated heterocycles. The van der Waals surface area contributed by atoms with Gasteiger partial charge in [-0.2, -0.15) is 0 Å². The van der Waals surface area contributed by atoms with Crippen molar-refractivity contribution in [1.82, 2.24) is 15.2 Å². The Morgan fingerprint density at radius 1 is 1.03 bits per heavy atom. The second-order valence-electron chi connectivity index (χ2n) is 7.63. The van der Waals surface area contributed by atoms with Crippen molar-refractivity contribution in [1.29, 1.82) is 0 Å². The van der Waals surface area contributed by atoms with Gasteiger partial charge in [-0.3, -0.25) is 19.8 Å². The van der Waals surface area contributed by atoms with Crippen LogP contribution in [0.15, 0.2) is 53.9 Å². The molecule has 0 unspecified atom stereocenters. The zero-order chi connectivity index (χ0) is 22.5. The Hall–Kier alpha value is -2.45. The molecular weight excluding hydrogens is 467 g/mol. The number of piperidine rings is 1. The first-order valence-electron chi connectivity index (χ1n) is 10.3. The van der Waals surface area contributed by atoms with Crippen LogP contribution in [0.3, 0.4) is 0 Å². The summed E-state index contributed by atoms with van der Waals surface area (Å²) in [6.07, 6.45) is 1.78. The van der Waals surface area contributed by atoms with E-state index < -0.39 is 0 Å². The van der Waals surface area contributed by atoms with Crippen molar-refractivity contribution in [2.24, 2.45) is 0 Å². The van der Waals surface area contributed by atoms with Crippen LogP contribution in [0.25, 0.3) is 0 Å². The van der Waals surface area contributed by atoms with Crippen molar-refractivity contribution in [3.63, 3.8) is 0 Å². The van der Waals surface area contributed by atoms with E-state index in [4.69, 9.17) is 23.2 Å². The van der Waals surface area contributed by atoms with Crippen LogP contribution >= 0.6 is 34.5 Å². The molecule has 0 atom stereocenters. The van der Waals surface area contributed by atoms with Gasteiger partial charge >= 0.3 is 0 Å². The number of halogens is 2. The van der Waals surface area contributed by atoms with Crippen molar-refractivity contribution in [2.75, 3.05) is 18.4 Å². The lowest BCUT2D eigenvalue weighted by Crippen LogP contribution is -2.44. The number of amides is 2. The Morgan fingerprint density at radius 2 is 1.78 bits per heavy atom. The number of hydrogen-bond acceptors (Lipinski definition) is 5. The highest BCUT2D eigenvalue weighted by Gasteiger charge is 2.22. The number of hydrogen-bond donors (Lipinski definition) is 2. The number of benzene rings is 2. The first-order chi connectivity index (χ1) is 15.5. The molecule has 0 bridgehead atoms. The molecule has 2 aromatic carbocycles. The second-order valence-corrected chi connectivity index (χ2v) is 9.30. The van der Waals surface area contributed by atoms with Crippen LogP contribution in [0.1, 0.15) is 39.3 Å². The summed E-state index contributed by atoms with van der Waals surface area (Å²) in [5.74, 6) is -0.589. The number of aromatic nitrogens is 1. The summed E-state index contributed by atoms with van der Waals surface area (Å²) in [6, 6.07) is 15.1. The highest BCUT2D eigenvalue weighted by molar-refractivity contribution is 7.14. The minimum Gasteiger partial charge on any atom is -0.348 e. The topological polar surface area (TPSA) is 74.3 Å². The van der Waals surface area contributed by atoms with E-state index >= 15 is 0 Å². The molecule has 0 radical (unpaired) electrons. The molecule has 1 fully saturated rings. The number of nitrogens with one attached hydrogen (secondary N) is 2. The van der Waals surface area contributed by atoms with E-state index in [-0.39, 0.29) is 17.9 Å². The van der Waals surface area contributed by atoms with Gasteiger partial charge in [-0.15, -0.1) is 11.3 Å². The number of likely N-dealkylation sites (tertiary alicyclic amines) is 1. The van der Waals surface area contributed by atoms with Crippen molar-refractivity contribution >= 4 is 51.5 Å². The number of thiazole rings is 1. The molecule has 1 aliphatic heterocycles. The first-order valence-corrected chi connectivity index (χ1v) is 11.9. The third kappa shape index (κ3) is 5.86. The Balaban J connectivity index is 1.27. The lowest BCUT2D eigenvalue weighted by Gasteiger charge is -2.32. The molecule has 166 valence electrons. The van der Waals surface area contributed by atoms with Crippen LogP contribution in [0.5, 0.6) is 0 Å². The predicted molar refractivity (Wildman–Crippen MR) is 129 cm³/mol. The predicted octanol–water partition coefficient (Wildman–Crippen LogP) is 5.10. The summed E-state index contributed by atoms with van der Waals surface area (Å²) in [5, 5.41) is 8.43. The minimum absolute atomic E-state index is 0.116. The maximum absolute atomic E-state index is 12.6. The van der Waals surface area contributed by atoms with Crippen LogP contribution < -0.4 is 10.6 Å². The second kappa shape index (κ2) is 10.4. The standard InChI is InChI=1S/C23H22Cl2N4O2S/c24-18-7-6-16(12-19(18)25)21(30)28-23-27-20(14-32-23)22(31)26-17-8-10-29(11-9-17)13-15-4-2-1-3-5-15/h1-7,12,14,17H,8-11,13H2,(H,26,31)(H,27,28,30). The third-order valence-corrected chi connectivity index (χ3v) is 6.81. The first kappa shape index (κ1) is 22.7. The molecule has 9 heteroatoms. The molecular formula is C23H22Cl2N4O2S. The molecule has 2 heterocycles. The number of carbonyl (C=O) groups is 2. The molecule has 1 aromatic heterocycles. The van der Waals surface area contributed by atoms with Gasteiger partial charge in [0.25, 0.3) is 11.8 Å². The summed E-state index contributed by atoms with van der Waals surface area (Å²) in [5.41, 5.74) is 1.96. The van der Waals surface area contributed by atoms with Crippen molar-refractivity contribution in [3.05, 3.63) is 80.8 Å². The van der Waals surface area contributed by atoms with E-state index in [1.165, 1.54) is 23.0 Å². The summed E-state index contributed by atoms with van der Waals surface area (Å²) in [7, 11) is 0. The molecule has 6 nitrogen and oxygen atoms in total. The average molecular weight is 489 g/mol. The minimum atomic E-state index is -0.365. The summed E-state index contributed by atoms with van der Waals surface area (Å²) >= 11 is 13.1. The molecule has 0 spiro atoms. The van der Waals surface area contributed by atoms with Crippen LogP contribution in [-0.2, 0) is 6.54 Å². The van der Waals surface area contributed by atoms with Crippen LogP contribution in [-0.4, -0.2) is 40.8 Å². The highest BCUT2D eigenvalue weighted by Crippen LogP contribution is 2.24. The molecule has 32 heavy (non-hydrogen) atoms. The van der Waals surface area contributed by atoms with Crippen LogP contribution in [0, 0.1) is 0 Å². The average Bonchev–Trinajstić information content (AvgIpc) is 3.26. The number of carbonyl (C=O) groups excluding carboxylic acids is 2. The third-order valence-electron chi connectivity index (χ3n) is 5.31. The number of anilines is 1. The molecule has 2 amide bonds. The quantitative estimate of drug-likeness (QED) is 0.506. The van der Waals surface area contributed by atoms with Crippen molar-refractivity contribution < 1.29 is 9.59 Å². The van der Waals surface area contributed by atoms with Crippen LogP contribution in [0.2, 0.25) is 10.0 Å². The van der Waals surface area contributed by atoms with Gasteiger partial charge in [-0.1, -0.05) is 53.5 Å². The zero-order valence-electron chi connectivity index (χ0n) is 17.2. The van der Waals surface area contributed by atoms with Crippen LogP contribution in [0.4, 0.5) is 5.13 Å². The monoisotopic (exact) mass is 488 g/mol. The van der Waals surface area contributed by atoms with Gasteiger partial charge in [0.15, 0.2) is 5.13 Å². The largest absolute Gasteiger partial charge is 0.348 e. The van der Waals surface area contributed by atoms with E-state index in [9.17, 15) is 9.59 Å². The molecule has 3 aromatic rings. The van der Waals surface area contributed by atoms with E-state index in [1.807, 2.05) is 6.07 Å². The van der Waals surface area contributed by atoms with E-state index in [0.29, 0.717) is 26.4 Å². The van der Waals surface area contributed by atoms with Crippen molar-refractivity contribution in [2.45, 2.75) is 25.4 Å². The fourth-order valence-corrected chi connectivity index (χ4v) is 4.56. The fraction of sp³-hybridized carbons (Fsp3) is 0.261. The maximum Gasteiger partial charge on any atom is 0.271 e. The van der Waals surface area contributed by atoms with Gasteiger partial charge in [0, 0.05) is 36.6 Å². The van der Waals surface area contributed by atoms with E-state index in [0.717, 1.165) is 32.5 Å². The number of nitrogens with zero attached hydrogens (tertiary/aromatic N) is 2. The fourth-order valence-electron chi connectivity index (χ4n) is 3.58.